The molecule has 0 amide bonds. The molecule has 1 aliphatic heterocycles. The Kier molecular flexibility index (Phi) is 5.26. The molecule has 2 rings (SSSR count). The van der Waals surface area contributed by atoms with Crippen molar-refractivity contribution in [3.8, 4) is 11.5 Å². The van der Waals surface area contributed by atoms with Gasteiger partial charge in [-0.15, -0.1) is 0 Å². The second-order valence-electron chi connectivity index (χ2n) is 5.70. The topological polar surface area (TPSA) is 47.7 Å². The first-order valence-electron chi connectivity index (χ1n) is 7.34. The van der Waals surface area contributed by atoms with Crippen molar-refractivity contribution in [1.29, 1.82) is 0 Å². The summed E-state index contributed by atoms with van der Waals surface area (Å²) in [5.41, 5.74) is 7.44. The molecule has 0 radical (unpaired) electrons. The van der Waals surface area contributed by atoms with Gasteiger partial charge in [0.1, 0.15) is 0 Å². The Morgan fingerprint density at radius 1 is 1.20 bits per heavy atom. The van der Waals surface area contributed by atoms with Crippen LogP contribution in [0.2, 0.25) is 0 Å². The van der Waals surface area contributed by atoms with E-state index in [0.29, 0.717) is 0 Å². The summed E-state index contributed by atoms with van der Waals surface area (Å²) in [6.07, 6.45) is 2.55. The van der Waals surface area contributed by atoms with Gasteiger partial charge in [-0.2, -0.15) is 0 Å². The molecule has 4 nitrogen and oxygen atoms in total. The van der Waals surface area contributed by atoms with Crippen molar-refractivity contribution in [2.75, 3.05) is 33.9 Å². The molecule has 0 aliphatic carbocycles. The van der Waals surface area contributed by atoms with Crippen molar-refractivity contribution >= 4 is 0 Å². The third-order valence-electron chi connectivity index (χ3n) is 4.17. The fourth-order valence-corrected chi connectivity index (χ4v) is 2.71. The van der Waals surface area contributed by atoms with E-state index in [4.69, 9.17) is 15.2 Å². The summed E-state index contributed by atoms with van der Waals surface area (Å²) in [6, 6.07) is 5.95. The zero-order chi connectivity index (χ0) is 14.5. The third-order valence-corrected chi connectivity index (χ3v) is 4.17. The molecule has 1 saturated heterocycles. The lowest BCUT2D eigenvalue weighted by Crippen LogP contribution is -2.38. The number of hydrogen-bond acceptors (Lipinski definition) is 4. The molecule has 112 valence electrons. The quantitative estimate of drug-likeness (QED) is 0.898. The van der Waals surface area contributed by atoms with Crippen LogP contribution in [0.25, 0.3) is 0 Å². The van der Waals surface area contributed by atoms with Crippen LogP contribution in [0.1, 0.15) is 31.4 Å². The summed E-state index contributed by atoms with van der Waals surface area (Å²) in [7, 11) is 3.30. The summed E-state index contributed by atoms with van der Waals surface area (Å²) < 4.78 is 10.6. The molecule has 1 aromatic rings. The molecule has 20 heavy (non-hydrogen) atoms. The van der Waals surface area contributed by atoms with Crippen molar-refractivity contribution in [3.05, 3.63) is 23.8 Å². The molecule has 1 heterocycles. The highest BCUT2D eigenvalue weighted by molar-refractivity contribution is 5.43. The summed E-state index contributed by atoms with van der Waals surface area (Å²) in [5.74, 6) is 2.34. The van der Waals surface area contributed by atoms with E-state index in [2.05, 4.69) is 11.8 Å². The molecular weight excluding hydrogens is 252 g/mol. The molecule has 2 N–H and O–H groups in total. The van der Waals surface area contributed by atoms with E-state index in [9.17, 15) is 0 Å². The number of likely N-dealkylation sites (tertiary alicyclic amines) is 1. The molecule has 1 unspecified atom stereocenters. The van der Waals surface area contributed by atoms with E-state index in [-0.39, 0.29) is 6.04 Å². The average Bonchev–Trinajstić information content (AvgIpc) is 2.48. The van der Waals surface area contributed by atoms with Crippen LogP contribution in [0.15, 0.2) is 18.2 Å². The Labute approximate surface area is 121 Å². The molecule has 1 fully saturated rings. The standard InChI is InChI=1S/C16H26N2O2/c1-12-6-8-18(9-7-12)11-14(17)13-4-5-15(19-2)16(10-13)20-3/h4-5,10,12,14H,6-9,11,17H2,1-3H3. The maximum Gasteiger partial charge on any atom is 0.161 e. The number of rotatable bonds is 5. The number of benzene rings is 1. The minimum Gasteiger partial charge on any atom is -0.493 e. The van der Waals surface area contributed by atoms with E-state index < -0.39 is 0 Å². The zero-order valence-corrected chi connectivity index (χ0v) is 12.8. The fraction of sp³-hybridized carbons (Fsp3) is 0.625. The first kappa shape index (κ1) is 15.1. The van der Waals surface area contributed by atoms with Gasteiger partial charge < -0.3 is 20.1 Å². The van der Waals surface area contributed by atoms with Gasteiger partial charge in [0.15, 0.2) is 11.5 Å². The summed E-state index contributed by atoms with van der Waals surface area (Å²) in [4.78, 5) is 2.46. The van der Waals surface area contributed by atoms with Crippen LogP contribution in [-0.4, -0.2) is 38.8 Å². The Balaban J connectivity index is 2.00. The summed E-state index contributed by atoms with van der Waals surface area (Å²) in [5, 5.41) is 0. The van der Waals surface area contributed by atoms with Gasteiger partial charge >= 0.3 is 0 Å². The second-order valence-corrected chi connectivity index (χ2v) is 5.70. The molecular formula is C16H26N2O2. The van der Waals surface area contributed by atoms with Crippen molar-refractivity contribution in [2.45, 2.75) is 25.8 Å². The van der Waals surface area contributed by atoms with E-state index in [1.807, 2.05) is 18.2 Å². The molecule has 1 atom stereocenters. The minimum absolute atomic E-state index is 0.0169. The molecule has 0 saturated carbocycles. The number of nitrogens with two attached hydrogens (primary N) is 1. The van der Waals surface area contributed by atoms with Gasteiger partial charge in [-0.05, 0) is 49.5 Å². The van der Waals surface area contributed by atoms with Gasteiger partial charge in [-0.25, -0.2) is 0 Å². The zero-order valence-electron chi connectivity index (χ0n) is 12.8. The van der Waals surface area contributed by atoms with Gasteiger partial charge in [-0.3, -0.25) is 0 Å². The number of nitrogens with zero attached hydrogens (tertiary/aromatic N) is 1. The van der Waals surface area contributed by atoms with Crippen molar-refractivity contribution in [1.82, 2.24) is 4.90 Å². The highest BCUT2D eigenvalue weighted by Gasteiger charge is 2.19. The fourth-order valence-electron chi connectivity index (χ4n) is 2.71. The van der Waals surface area contributed by atoms with E-state index >= 15 is 0 Å². The minimum atomic E-state index is 0.0169. The third kappa shape index (κ3) is 3.64. The normalized spacial score (nSPS) is 18.8. The molecule has 0 aromatic heterocycles. The van der Waals surface area contributed by atoms with E-state index in [0.717, 1.165) is 42.6 Å². The summed E-state index contributed by atoms with van der Waals surface area (Å²) in [6.45, 7) is 5.54. The molecule has 1 aliphatic rings. The van der Waals surface area contributed by atoms with Gasteiger partial charge in [0, 0.05) is 12.6 Å². The van der Waals surface area contributed by atoms with Crippen LogP contribution < -0.4 is 15.2 Å². The van der Waals surface area contributed by atoms with Crippen LogP contribution in [0, 0.1) is 5.92 Å². The van der Waals surface area contributed by atoms with Crippen LogP contribution in [0.3, 0.4) is 0 Å². The molecule has 0 spiro atoms. The predicted octanol–water partition coefficient (Wildman–Crippen LogP) is 2.44. The Bertz CT molecular complexity index is 428. The molecule has 1 aromatic carbocycles. The van der Waals surface area contributed by atoms with Crippen molar-refractivity contribution in [3.63, 3.8) is 0 Å². The predicted molar refractivity (Wildman–Crippen MR) is 81.3 cm³/mol. The number of ether oxygens (including phenoxy) is 2. The highest BCUT2D eigenvalue weighted by Crippen LogP contribution is 2.30. The lowest BCUT2D eigenvalue weighted by molar-refractivity contribution is 0.183. The van der Waals surface area contributed by atoms with E-state index in [1.54, 1.807) is 14.2 Å². The Hall–Kier alpha value is -1.26. The monoisotopic (exact) mass is 278 g/mol. The van der Waals surface area contributed by atoms with Crippen molar-refractivity contribution < 1.29 is 9.47 Å². The maximum atomic E-state index is 6.34. The molecule has 0 bridgehead atoms. The van der Waals surface area contributed by atoms with Crippen LogP contribution >= 0.6 is 0 Å². The Morgan fingerprint density at radius 3 is 2.45 bits per heavy atom. The van der Waals surface area contributed by atoms with Crippen LogP contribution in [0.4, 0.5) is 0 Å². The lowest BCUT2D eigenvalue weighted by Gasteiger charge is -2.32. The number of methoxy groups -OCH3 is 2. The smallest absolute Gasteiger partial charge is 0.161 e. The average molecular weight is 278 g/mol. The molecule has 4 heteroatoms. The van der Waals surface area contributed by atoms with Gasteiger partial charge in [0.25, 0.3) is 0 Å². The Morgan fingerprint density at radius 2 is 1.85 bits per heavy atom. The van der Waals surface area contributed by atoms with Crippen molar-refractivity contribution in [2.24, 2.45) is 11.7 Å². The number of hydrogen-bond donors (Lipinski definition) is 1. The first-order valence-corrected chi connectivity index (χ1v) is 7.34. The number of piperidine rings is 1. The first-order chi connectivity index (χ1) is 9.63. The van der Waals surface area contributed by atoms with Gasteiger partial charge in [0.2, 0.25) is 0 Å². The highest BCUT2D eigenvalue weighted by atomic mass is 16.5. The second kappa shape index (κ2) is 6.95. The van der Waals surface area contributed by atoms with Crippen LogP contribution in [0.5, 0.6) is 11.5 Å². The summed E-state index contributed by atoms with van der Waals surface area (Å²) >= 11 is 0. The van der Waals surface area contributed by atoms with E-state index in [1.165, 1.54) is 12.8 Å². The lowest BCUT2D eigenvalue weighted by atomic mass is 9.98. The maximum absolute atomic E-state index is 6.34. The largest absolute Gasteiger partial charge is 0.493 e. The SMILES string of the molecule is COc1ccc(C(N)CN2CCC(C)CC2)cc1OC. The van der Waals surface area contributed by atoms with Gasteiger partial charge in [-0.1, -0.05) is 13.0 Å². The van der Waals surface area contributed by atoms with Crippen LogP contribution in [-0.2, 0) is 0 Å². The van der Waals surface area contributed by atoms with Gasteiger partial charge in [0.05, 0.1) is 14.2 Å².